The second-order valence-electron chi connectivity index (χ2n) is 4.48. The van der Waals surface area contributed by atoms with Crippen LogP contribution in [0.15, 0.2) is 24.3 Å². The molecule has 0 saturated carbocycles. The maximum absolute atomic E-state index is 6.04. The normalized spacial score (nSPS) is 13.1. The summed E-state index contributed by atoms with van der Waals surface area (Å²) in [5.41, 5.74) is 8.57. The van der Waals surface area contributed by atoms with Gasteiger partial charge in [0, 0.05) is 0 Å². The molecule has 2 N–H and O–H groups in total. The monoisotopic (exact) mass is 221 g/mol. The first-order chi connectivity index (χ1) is 7.63. The molecule has 0 spiro atoms. The summed E-state index contributed by atoms with van der Waals surface area (Å²) in [6.45, 7) is 6.83. The summed E-state index contributed by atoms with van der Waals surface area (Å²) in [6, 6.07) is 8.53. The van der Waals surface area contributed by atoms with Crippen molar-refractivity contribution < 1.29 is 4.74 Å². The molecular formula is C14H23NO. The van der Waals surface area contributed by atoms with Crippen LogP contribution in [0.1, 0.15) is 44.4 Å². The van der Waals surface area contributed by atoms with Gasteiger partial charge in [-0.25, -0.2) is 0 Å². The first kappa shape index (κ1) is 13.2. The van der Waals surface area contributed by atoms with E-state index in [-0.39, 0.29) is 12.1 Å². The van der Waals surface area contributed by atoms with Crippen molar-refractivity contribution >= 4 is 0 Å². The van der Waals surface area contributed by atoms with Crippen LogP contribution in [0, 0.1) is 0 Å². The van der Waals surface area contributed by atoms with Crippen molar-refractivity contribution in [3.05, 3.63) is 35.4 Å². The van der Waals surface area contributed by atoms with Crippen molar-refractivity contribution in [2.45, 2.75) is 45.8 Å². The quantitative estimate of drug-likeness (QED) is 0.801. The lowest BCUT2D eigenvalue weighted by Gasteiger charge is -2.15. The van der Waals surface area contributed by atoms with E-state index in [2.05, 4.69) is 31.2 Å². The Morgan fingerprint density at radius 1 is 1.19 bits per heavy atom. The fraction of sp³-hybridized carbons (Fsp3) is 0.571. The van der Waals surface area contributed by atoms with E-state index >= 15 is 0 Å². The van der Waals surface area contributed by atoms with Gasteiger partial charge in [-0.15, -0.1) is 0 Å². The molecule has 0 aromatic heterocycles. The minimum atomic E-state index is -0.0157. The molecule has 0 bridgehead atoms. The Bertz CT molecular complexity index is 292. The predicted octanol–water partition coefficient (Wildman–Crippen LogP) is 3.06. The van der Waals surface area contributed by atoms with Crippen LogP contribution in [0.5, 0.6) is 0 Å². The van der Waals surface area contributed by atoms with E-state index < -0.39 is 0 Å². The molecule has 2 heteroatoms. The van der Waals surface area contributed by atoms with Gasteiger partial charge in [-0.2, -0.15) is 0 Å². The third kappa shape index (κ3) is 4.33. The van der Waals surface area contributed by atoms with Crippen LogP contribution in [-0.4, -0.2) is 12.7 Å². The zero-order valence-electron chi connectivity index (χ0n) is 10.6. The van der Waals surface area contributed by atoms with Crippen LogP contribution in [0.3, 0.4) is 0 Å². The summed E-state index contributed by atoms with van der Waals surface area (Å²) in [5, 5.41) is 0. The van der Waals surface area contributed by atoms with E-state index in [1.165, 1.54) is 12.0 Å². The van der Waals surface area contributed by atoms with E-state index in [0.717, 1.165) is 12.0 Å². The number of rotatable bonds is 6. The van der Waals surface area contributed by atoms with E-state index in [4.69, 9.17) is 10.5 Å². The Kier molecular flexibility index (Phi) is 5.50. The number of hydrogen-bond acceptors (Lipinski definition) is 2. The summed E-state index contributed by atoms with van der Waals surface area (Å²) in [6.07, 6.45) is 2.56. The average molecular weight is 221 g/mol. The molecule has 1 unspecified atom stereocenters. The lowest BCUT2D eigenvalue weighted by molar-refractivity contribution is 0.0683. The van der Waals surface area contributed by atoms with Gasteiger partial charge in [-0.1, -0.05) is 37.6 Å². The Morgan fingerprint density at radius 3 is 2.31 bits per heavy atom. The minimum Gasteiger partial charge on any atom is -0.377 e. The second kappa shape index (κ2) is 6.66. The first-order valence-corrected chi connectivity index (χ1v) is 6.09. The number of hydrogen-bond donors (Lipinski definition) is 1. The maximum Gasteiger partial charge on any atom is 0.0662 e. The maximum atomic E-state index is 6.04. The Hall–Kier alpha value is -0.860. The van der Waals surface area contributed by atoms with Crippen molar-refractivity contribution in [1.82, 2.24) is 0 Å². The van der Waals surface area contributed by atoms with Gasteiger partial charge in [0.15, 0.2) is 0 Å². The van der Waals surface area contributed by atoms with Crippen molar-refractivity contribution in [1.29, 1.82) is 0 Å². The highest BCUT2D eigenvalue weighted by Gasteiger charge is 2.06. The van der Waals surface area contributed by atoms with Gasteiger partial charge < -0.3 is 10.5 Å². The van der Waals surface area contributed by atoms with Gasteiger partial charge in [0.25, 0.3) is 0 Å². The van der Waals surface area contributed by atoms with E-state index in [1.54, 1.807) is 0 Å². The number of benzene rings is 1. The van der Waals surface area contributed by atoms with Crippen molar-refractivity contribution in [3.8, 4) is 0 Å². The van der Waals surface area contributed by atoms with Gasteiger partial charge in [0.1, 0.15) is 0 Å². The van der Waals surface area contributed by atoms with Crippen LogP contribution >= 0.6 is 0 Å². The first-order valence-electron chi connectivity index (χ1n) is 6.09. The Labute approximate surface area is 98.8 Å². The van der Waals surface area contributed by atoms with E-state index in [0.29, 0.717) is 6.61 Å². The van der Waals surface area contributed by atoms with Gasteiger partial charge in [0.05, 0.1) is 18.8 Å². The summed E-state index contributed by atoms with van der Waals surface area (Å²) in [4.78, 5) is 0. The Balaban J connectivity index is 2.52. The minimum absolute atomic E-state index is 0.0157. The summed E-state index contributed by atoms with van der Waals surface area (Å²) < 4.78 is 5.51. The van der Waals surface area contributed by atoms with E-state index in [9.17, 15) is 0 Å². The highest BCUT2D eigenvalue weighted by molar-refractivity contribution is 5.24. The summed E-state index contributed by atoms with van der Waals surface area (Å²) in [5.74, 6) is 0. The highest BCUT2D eigenvalue weighted by atomic mass is 16.5. The lowest BCUT2D eigenvalue weighted by atomic mass is 10.0. The number of aryl methyl sites for hydroxylation is 1. The van der Waals surface area contributed by atoms with Crippen LogP contribution in [0.25, 0.3) is 0 Å². The predicted molar refractivity (Wildman–Crippen MR) is 68.5 cm³/mol. The fourth-order valence-corrected chi connectivity index (χ4v) is 1.61. The molecule has 0 fully saturated rings. The molecule has 0 aliphatic rings. The molecule has 90 valence electrons. The van der Waals surface area contributed by atoms with Crippen molar-refractivity contribution in [3.63, 3.8) is 0 Å². The summed E-state index contributed by atoms with van der Waals surface area (Å²) >= 11 is 0. The molecule has 0 heterocycles. The van der Waals surface area contributed by atoms with Gasteiger partial charge in [-0.05, 0) is 31.4 Å². The molecule has 2 nitrogen and oxygen atoms in total. The fourth-order valence-electron chi connectivity index (χ4n) is 1.61. The van der Waals surface area contributed by atoms with E-state index in [1.807, 2.05) is 13.8 Å². The molecule has 1 aromatic rings. The van der Waals surface area contributed by atoms with Crippen molar-refractivity contribution in [2.24, 2.45) is 5.73 Å². The average Bonchev–Trinajstić information content (AvgIpc) is 2.27. The van der Waals surface area contributed by atoms with Crippen LogP contribution < -0.4 is 5.73 Å². The molecule has 0 saturated heterocycles. The standard InChI is InChI=1S/C14H23NO/c1-4-5-12-6-8-13(9-7-12)14(15)10-16-11(2)3/h6-9,11,14H,4-5,10,15H2,1-3H3. The Morgan fingerprint density at radius 2 is 1.81 bits per heavy atom. The van der Waals surface area contributed by atoms with Crippen LogP contribution in [-0.2, 0) is 11.2 Å². The summed E-state index contributed by atoms with van der Waals surface area (Å²) in [7, 11) is 0. The zero-order valence-corrected chi connectivity index (χ0v) is 10.6. The highest BCUT2D eigenvalue weighted by Crippen LogP contribution is 2.13. The van der Waals surface area contributed by atoms with Gasteiger partial charge in [0.2, 0.25) is 0 Å². The largest absolute Gasteiger partial charge is 0.377 e. The van der Waals surface area contributed by atoms with Crippen LogP contribution in [0.4, 0.5) is 0 Å². The molecule has 1 aromatic carbocycles. The third-order valence-corrected chi connectivity index (χ3v) is 2.56. The van der Waals surface area contributed by atoms with Gasteiger partial charge >= 0.3 is 0 Å². The van der Waals surface area contributed by atoms with Gasteiger partial charge in [-0.3, -0.25) is 0 Å². The number of nitrogens with two attached hydrogens (primary N) is 1. The molecular weight excluding hydrogens is 198 g/mol. The molecule has 1 rings (SSSR count). The SMILES string of the molecule is CCCc1ccc(C(N)COC(C)C)cc1. The number of ether oxygens (including phenoxy) is 1. The lowest BCUT2D eigenvalue weighted by Crippen LogP contribution is -2.19. The second-order valence-corrected chi connectivity index (χ2v) is 4.48. The zero-order chi connectivity index (χ0) is 12.0. The third-order valence-electron chi connectivity index (χ3n) is 2.56. The van der Waals surface area contributed by atoms with Crippen molar-refractivity contribution in [2.75, 3.05) is 6.61 Å². The molecule has 0 aliphatic carbocycles. The molecule has 16 heavy (non-hydrogen) atoms. The molecule has 0 aliphatic heterocycles. The smallest absolute Gasteiger partial charge is 0.0662 e. The molecule has 1 atom stereocenters. The van der Waals surface area contributed by atoms with Crippen LogP contribution in [0.2, 0.25) is 0 Å². The topological polar surface area (TPSA) is 35.2 Å². The molecule has 0 radical (unpaired) electrons. The molecule has 0 amide bonds.